The Hall–Kier alpha value is -5.23. The summed E-state index contributed by atoms with van der Waals surface area (Å²) >= 11 is 0. The van der Waals surface area contributed by atoms with Gasteiger partial charge in [0, 0.05) is 17.7 Å². The van der Waals surface area contributed by atoms with E-state index in [9.17, 15) is 10.1 Å². The molecule has 1 saturated heterocycles. The summed E-state index contributed by atoms with van der Waals surface area (Å²) in [4.78, 5) is 17.3. The summed E-state index contributed by atoms with van der Waals surface area (Å²) in [5, 5.41) is 15.9. The third-order valence-corrected chi connectivity index (χ3v) is 9.15. The molecule has 0 aliphatic carbocycles. The van der Waals surface area contributed by atoms with Crippen molar-refractivity contribution in [2.75, 3.05) is 6.61 Å². The van der Waals surface area contributed by atoms with E-state index in [0.29, 0.717) is 24.5 Å². The number of hydrogen-bond acceptors (Lipinski definition) is 9. The molecule has 0 saturated carbocycles. The number of rotatable bonds is 15. The second-order valence-electron chi connectivity index (χ2n) is 12.8. The number of nitrogens with zero attached hydrogens (tertiary/aromatic N) is 2. The summed E-state index contributed by atoms with van der Waals surface area (Å²) in [7, 11) is 0. The summed E-state index contributed by atoms with van der Waals surface area (Å²) < 4.78 is 33.7. The van der Waals surface area contributed by atoms with Gasteiger partial charge in [0.15, 0.2) is 6.10 Å². The van der Waals surface area contributed by atoms with Gasteiger partial charge in [0.1, 0.15) is 18.3 Å². The predicted molar refractivity (Wildman–Crippen MR) is 194 cm³/mol. The molecule has 0 aromatic heterocycles. The molecule has 1 fully saturated rings. The first-order valence-electron chi connectivity index (χ1n) is 17.3. The van der Waals surface area contributed by atoms with Crippen LogP contribution in [-0.4, -0.2) is 47.4 Å². The second-order valence-corrected chi connectivity index (χ2v) is 12.8. The molecule has 10 nitrogen and oxygen atoms in total. The summed E-state index contributed by atoms with van der Waals surface area (Å²) in [6.45, 7) is 1.38. The van der Waals surface area contributed by atoms with E-state index < -0.39 is 35.1 Å². The largest absolute Gasteiger partial charge is 0.374 e. The summed E-state index contributed by atoms with van der Waals surface area (Å²) in [5.74, 6) is -1.43. The zero-order valence-electron chi connectivity index (χ0n) is 28.6. The summed E-state index contributed by atoms with van der Waals surface area (Å²) in [6.07, 6.45) is -2.62. The minimum Gasteiger partial charge on any atom is -0.374 e. The van der Waals surface area contributed by atoms with E-state index in [0.717, 1.165) is 22.3 Å². The molecule has 5 atom stereocenters. The Morgan fingerprint density at radius 3 is 1.63 bits per heavy atom. The number of oxime groups is 1. The quantitative estimate of drug-likeness (QED) is 0.0804. The fourth-order valence-electron chi connectivity index (χ4n) is 6.50. The minimum atomic E-state index is -1.43. The Kier molecular flexibility index (Phi) is 11.4. The zero-order valence-corrected chi connectivity index (χ0v) is 28.6. The van der Waals surface area contributed by atoms with Crippen LogP contribution in [0.3, 0.4) is 0 Å². The van der Waals surface area contributed by atoms with Crippen molar-refractivity contribution in [3.05, 3.63) is 184 Å². The highest BCUT2D eigenvalue weighted by molar-refractivity contribution is 6.01. The van der Waals surface area contributed by atoms with Crippen LogP contribution < -0.4 is 0 Å². The standard InChI is InChI=1S/C42H40N2O8/c45-44(46)36-23-21-35(22-24-36)37-25-42(52-43-37)41(50-29-34-19-11-4-12-20-34)40(49-28-33-17-9-3-10-18-33)39(48-27-32-15-7-2-8-16-32)38(51-42)30-47-26-31-13-5-1-6-14-31/h1-24,38-41H,25-30H2/t38-,39-,40+,41-,42-/m1/s1. The lowest BCUT2D eigenvalue weighted by atomic mass is 9.88. The highest BCUT2D eigenvalue weighted by Crippen LogP contribution is 2.43. The number of non-ortho nitro benzene ring substituents is 1. The first-order valence-corrected chi connectivity index (χ1v) is 17.3. The van der Waals surface area contributed by atoms with Crippen LogP contribution in [0, 0.1) is 10.1 Å². The molecule has 5 aromatic rings. The van der Waals surface area contributed by atoms with Crippen molar-refractivity contribution in [3.8, 4) is 0 Å². The number of benzene rings is 5. The number of ether oxygens (including phenoxy) is 5. The average molecular weight is 701 g/mol. The van der Waals surface area contributed by atoms with Gasteiger partial charge in [-0.15, -0.1) is 0 Å². The first-order chi connectivity index (χ1) is 25.6. The topological polar surface area (TPSA) is 111 Å². The van der Waals surface area contributed by atoms with Crippen LogP contribution in [0.25, 0.3) is 0 Å². The third kappa shape index (κ3) is 8.62. The van der Waals surface area contributed by atoms with Crippen molar-refractivity contribution in [1.82, 2.24) is 0 Å². The number of nitro groups is 1. The van der Waals surface area contributed by atoms with Crippen LogP contribution in [0.5, 0.6) is 0 Å². The van der Waals surface area contributed by atoms with E-state index in [-0.39, 0.29) is 31.9 Å². The lowest BCUT2D eigenvalue weighted by Crippen LogP contribution is -2.67. The molecule has 266 valence electrons. The highest BCUT2D eigenvalue weighted by Gasteiger charge is 2.61. The smallest absolute Gasteiger partial charge is 0.272 e. The van der Waals surface area contributed by atoms with Crippen molar-refractivity contribution in [2.24, 2.45) is 5.16 Å². The molecule has 1 spiro atoms. The van der Waals surface area contributed by atoms with E-state index in [1.165, 1.54) is 12.1 Å². The van der Waals surface area contributed by atoms with Crippen molar-refractivity contribution >= 4 is 11.4 Å². The average Bonchev–Trinajstić information content (AvgIpc) is 3.62. The van der Waals surface area contributed by atoms with Gasteiger partial charge in [-0.25, -0.2) is 0 Å². The van der Waals surface area contributed by atoms with Gasteiger partial charge in [-0.1, -0.05) is 126 Å². The van der Waals surface area contributed by atoms with E-state index >= 15 is 0 Å². The lowest BCUT2D eigenvalue weighted by molar-refractivity contribution is -0.384. The predicted octanol–water partition coefficient (Wildman–Crippen LogP) is 7.79. The molecule has 0 amide bonds. The normalized spacial score (nSPS) is 22.5. The molecule has 0 N–H and O–H groups in total. The fraction of sp³-hybridized carbons (Fsp3) is 0.262. The SMILES string of the molecule is O=[N+]([O-])c1ccc(C2=NO[C@@]3(C2)O[C@H](COCc2ccccc2)[C@@H](OCc2ccccc2)[C@H](OCc2ccccc2)[C@H]3OCc2ccccc2)cc1. The van der Waals surface area contributed by atoms with Crippen molar-refractivity contribution in [1.29, 1.82) is 0 Å². The molecule has 0 radical (unpaired) electrons. The summed E-state index contributed by atoms with van der Waals surface area (Å²) in [6, 6.07) is 45.9. The maximum atomic E-state index is 11.4. The number of hydrogen-bond donors (Lipinski definition) is 0. The Bertz CT molecular complexity index is 1900. The maximum Gasteiger partial charge on any atom is 0.272 e. The first kappa shape index (κ1) is 35.2. The van der Waals surface area contributed by atoms with Crippen LogP contribution in [0.15, 0.2) is 151 Å². The van der Waals surface area contributed by atoms with E-state index in [1.807, 2.05) is 121 Å². The molecule has 0 unspecified atom stereocenters. The van der Waals surface area contributed by atoms with Gasteiger partial charge in [0.2, 0.25) is 0 Å². The Balaban J connectivity index is 1.24. The van der Waals surface area contributed by atoms with Crippen LogP contribution in [0.1, 0.15) is 34.2 Å². The van der Waals surface area contributed by atoms with Gasteiger partial charge in [-0.05, 0) is 34.4 Å². The van der Waals surface area contributed by atoms with Gasteiger partial charge in [0.05, 0.1) is 50.1 Å². The number of nitro benzene ring substituents is 1. The van der Waals surface area contributed by atoms with Crippen LogP contribution in [0.4, 0.5) is 5.69 Å². The highest BCUT2D eigenvalue weighted by atomic mass is 16.8. The van der Waals surface area contributed by atoms with Crippen molar-refractivity contribution < 1.29 is 33.4 Å². The molecule has 7 rings (SSSR count). The van der Waals surface area contributed by atoms with Crippen LogP contribution in [-0.2, 0) is 54.9 Å². The van der Waals surface area contributed by atoms with E-state index in [2.05, 4.69) is 5.16 Å². The van der Waals surface area contributed by atoms with E-state index in [4.69, 9.17) is 28.5 Å². The van der Waals surface area contributed by atoms with Crippen molar-refractivity contribution in [3.63, 3.8) is 0 Å². The lowest BCUT2D eigenvalue weighted by Gasteiger charge is -2.49. The maximum absolute atomic E-state index is 11.4. The minimum absolute atomic E-state index is 0.0145. The Labute approximate surface area is 302 Å². The third-order valence-electron chi connectivity index (χ3n) is 9.15. The molecule has 5 aromatic carbocycles. The second kappa shape index (κ2) is 16.9. The monoisotopic (exact) mass is 700 g/mol. The Morgan fingerprint density at radius 2 is 1.12 bits per heavy atom. The van der Waals surface area contributed by atoms with Gasteiger partial charge in [-0.3, -0.25) is 10.1 Å². The van der Waals surface area contributed by atoms with Crippen LogP contribution >= 0.6 is 0 Å². The molecule has 2 heterocycles. The molecule has 2 aliphatic rings. The summed E-state index contributed by atoms with van der Waals surface area (Å²) in [5.41, 5.74) is 5.20. The molecule has 2 aliphatic heterocycles. The van der Waals surface area contributed by atoms with Gasteiger partial charge in [-0.2, -0.15) is 0 Å². The molecule has 10 heteroatoms. The van der Waals surface area contributed by atoms with E-state index in [1.54, 1.807) is 12.1 Å². The molecule has 52 heavy (non-hydrogen) atoms. The van der Waals surface area contributed by atoms with Crippen LogP contribution in [0.2, 0.25) is 0 Å². The molecular weight excluding hydrogens is 660 g/mol. The fourth-order valence-corrected chi connectivity index (χ4v) is 6.50. The van der Waals surface area contributed by atoms with Gasteiger partial charge in [0.25, 0.3) is 11.5 Å². The zero-order chi connectivity index (χ0) is 35.6. The van der Waals surface area contributed by atoms with Gasteiger partial charge >= 0.3 is 0 Å². The molecule has 0 bridgehead atoms. The van der Waals surface area contributed by atoms with Gasteiger partial charge < -0.3 is 28.5 Å². The van der Waals surface area contributed by atoms with Crippen molar-refractivity contribution in [2.45, 2.75) is 63.1 Å². The molecular formula is C42H40N2O8. The Morgan fingerprint density at radius 1 is 0.635 bits per heavy atom.